The summed E-state index contributed by atoms with van der Waals surface area (Å²) in [5, 5.41) is 5.68. The lowest BCUT2D eigenvalue weighted by Gasteiger charge is -2.16. The maximum atomic E-state index is 12.7. The molecule has 7 heteroatoms. The molecule has 1 amide bonds. The first-order valence-electron chi connectivity index (χ1n) is 9.03. The Hall–Kier alpha value is -3.35. The first kappa shape index (κ1) is 19.4. The van der Waals surface area contributed by atoms with Crippen LogP contribution < -0.4 is 10.9 Å². The molecule has 0 radical (unpaired) electrons. The van der Waals surface area contributed by atoms with Crippen molar-refractivity contribution in [3.8, 4) is 0 Å². The van der Waals surface area contributed by atoms with E-state index in [0.29, 0.717) is 18.0 Å². The molecule has 1 heterocycles. The largest absolute Gasteiger partial charge is 0.465 e. The third-order valence-corrected chi connectivity index (χ3v) is 4.81. The Kier molecular flexibility index (Phi) is 5.35. The van der Waals surface area contributed by atoms with Gasteiger partial charge in [0, 0.05) is 6.54 Å². The highest BCUT2D eigenvalue weighted by Crippen LogP contribution is 2.22. The average molecular weight is 381 g/mol. The molecule has 2 aromatic carbocycles. The van der Waals surface area contributed by atoms with Crippen LogP contribution >= 0.6 is 0 Å². The van der Waals surface area contributed by atoms with Crippen molar-refractivity contribution in [2.24, 2.45) is 0 Å². The molecule has 0 saturated heterocycles. The summed E-state index contributed by atoms with van der Waals surface area (Å²) in [4.78, 5) is 37.3. The Bertz CT molecular complexity index is 1110. The van der Waals surface area contributed by atoms with E-state index in [4.69, 9.17) is 4.74 Å². The van der Waals surface area contributed by atoms with E-state index >= 15 is 0 Å². The molecule has 0 spiro atoms. The molecule has 0 fully saturated rings. The zero-order chi connectivity index (χ0) is 20.4. The number of hydrogen-bond donors (Lipinski definition) is 2. The number of ether oxygens (including phenoxy) is 1. The predicted molar refractivity (Wildman–Crippen MR) is 107 cm³/mol. The number of benzene rings is 2. The lowest BCUT2D eigenvalue weighted by Crippen LogP contribution is -2.35. The number of carbonyl (C=O) groups is 2. The van der Waals surface area contributed by atoms with Crippen molar-refractivity contribution in [3.63, 3.8) is 0 Å². The van der Waals surface area contributed by atoms with Crippen molar-refractivity contribution in [1.29, 1.82) is 0 Å². The molecule has 146 valence electrons. The van der Waals surface area contributed by atoms with Crippen molar-refractivity contribution >= 4 is 22.9 Å². The van der Waals surface area contributed by atoms with Crippen LogP contribution in [0.5, 0.6) is 0 Å². The first-order valence-corrected chi connectivity index (χ1v) is 9.03. The van der Waals surface area contributed by atoms with Crippen molar-refractivity contribution in [3.05, 3.63) is 69.0 Å². The lowest BCUT2D eigenvalue weighted by atomic mass is 9.94. The summed E-state index contributed by atoms with van der Waals surface area (Å²) in [6.07, 6.45) is 0. The van der Waals surface area contributed by atoms with Gasteiger partial charge in [-0.25, -0.2) is 9.59 Å². The molecular weight excluding hydrogens is 358 g/mol. The molecule has 0 bridgehead atoms. The number of nitrogens with one attached hydrogen (secondary N) is 2. The van der Waals surface area contributed by atoms with E-state index in [1.165, 1.54) is 13.2 Å². The van der Waals surface area contributed by atoms with E-state index in [2.05, 4.69) is 24.3 Å². The Morgan fingerprint density at radius 2 is 1.89 bits per heavy atom. The minimum atomic E-state index is -0.629. The van der Waals surface area contributed by atoms with E-state index < -0.39 is 17.6 Å². The number of fused-ring (bicyclic) bond motifs is 1. The number of aryl methyl sites for hydroxylation is 1. The van der Waals surface area contributed by atoms with E-state index in [0.717, 1.165) is 21.4 Å². The van der Waals surface area contributed by atoms with Crippen LogP contribution in [0, 0.1) is 6.92 Å². The Morgan fingerprint density at radius 1 is 1.18 bits per heavy atom. The maximum absolute atomic E-state index is 12.7. The first-order chi connectivity index (χ1) is 13.3. The van der Waals surface area contributed by atoms with Gasteiger partial charge in [-0.15, -0.1) is 0 Å². The van der Waals surface area contributed by atoms with Gasteiger partial charge in [0.25, 0.3) is 5.56 Å². The van der Waals surface area contributed by atoms with Crippen LogP contribution in [-0.2, 0) is 11.3 Å². The average Bonchev–Trinajstić information content (AvgIpc) is 3.02. The Morgan fingerprint density at radius 3 is 2.57 bits per heavy atom. The van der Waals surface area contributed by atoms with Crippen molar-refractivity contribution in [1.82, 2.24) is 15.1 Å². The number of methoxy groups -OCH3 is 1. The second kappa shape index (κ2) is 7.72. The van der Waals surface area contributed by atoms with E-state index in [-0.39, 0.29) is 10.9 Å². The number of aromatic nitrogens is 2. The predicted octanol–water partition coefficient (Wildman–Crippen LogP) is 3.31. The molecule has 0 aliphatic heterocycles. The van der Waals surface area contributed by atoms with Crippen molar-refractivity contribution in [2.45, 2.75) is 33.2 Å². The zero-order valence-corrected chi connectivity index (χ0v) is 16.3. The third-order valence-electron chi connectivity index (χ3n) is 4.81. The van der Waals surface area contributed by atoms with Crippen LogP contribution in [0.3, 0.4) is 0 Å². The second-order valence-electron chi connectivity index (χ2n) is 6.93. The lowest BCUT2D eigenvalue weighted by molar-refractivity contribution is 0.0603. The molecule has 2 N–H and O–H groups in total. The van der Waals surface area contributed by atoms with Crippen LogP contribution in [0.1, 0.15) is 46.8 Å². The van der Waals surface area contributed by atoms with Crippen molar-refractivity contribution in [2.75, 3.05) is 7.11 Å². The van der Waals surface area contributed by atoms with Gasteiger partial charge in [-0.05, 0) is 41.7 Å². The number of hydrogen-bond acceptors (Lipinski definition) is 4. The van der Waals surface area contributed by atoms with Gasteiger partial charge in [0.1, 0.15) is 0 Å². The number of esters is 1. The van der Waals surface area contributed by atoms with Gasteiger partial charge in [0.15, 0.2) is 0 Å². The summed E-state index contributed by atoms with van der Waals surface area (Å²) >= 11 is 0. The van der Waals surface area contributed by atoms with Crippen molar-refractivity contribution < 1.29 is 14.3 Å². The third kappa shape index (κ3) is 3.43. The fraction of sp³-hybridized carbons (Fsp3) is 0.286. The molecule has 3 aromatic rings. The second-order valence-corrected chi connectivity index (χ2v) is 6.93. The van der Waals surface area contributed by atoms with Crippen LogP contribution in [0.25, 0.3) is 10.9 Å². The quantitative estimate of drug-likeness (QED) is 0.678. The Labute approximate surface area is 162 Å². The molecular formula is C21H23N3O4. The molecule has 0 unspecified atom stereocenters. The molecule has 0 saturated carbocycles. The van der Waals surface area contributed by atoms with Crippen LogP contribution in [0.4, 0.5) is 4.79 Å². The monoisotopic (exact) mass is 381 g/mol. The minimum absolute atomic E-state index is 0.119. The van der Waals surface area contributed by atoms with Crippen LogP contribution in [0.2, 0.25) is 0 Å². The molecule has 28 heavy (non-hydrogen) atoms. The zero-order valence-electron chi connectivity index (χ0n) is 16.3. The highest BCUT2D eigenvalue weighted by molar-refractivity contribution is 6.03. The van der Waals surface area contributed by atoms with E-state index in [9.17, 15) is 14.4 Å². The Balaban J connectivity index is 1.93. The van der Waals surface area contributed by atoms with Gasteiger partial charge in [0.05, 0.1) is 23.6 Å². The maximum Gasteiger partial charge on any atom is 0.343 e. The molecule has 3 rings (SSSR count). The summed E-state index contributed by atoms with van der Waals surface area (Å²) in [6.45, 7) is 6.48. The van der Waals surface area contributed by atoms with Crippen LogP contribution in [-0.4, -0.2) is 28.9 Å². The SMILES string of the molecule is COC(=O)c1cccc2[nH]n(C(=O)NCc3c(C)cccc3C(C)C)c(=O)c12. The summed E-state index contributed by atoms with van der Waals surface area (Å²) in [5.41, 5.74) is 3.17. The normalized spacial score (nSPS) is 11.0. The fourth-order valence-electron chi connectivity index (χ4n) is 3.33. The molecule has 1 aromatic heterocycles. The van der Waals surface area contributed by atoms with Crippen LogP contribution in [0.15, 0.2) is 41.2 Å². The molecule has 0 aliphatic rings. The molecule has 0 atom stereocenters. The number of rotatable bonds is 4. The minimum Gasteiger partial charge on any atom is -0.465 e. The summed E-state index contributed by atoms with van der Waals surface area (Å²) in [5.74, 6) is -0.319. The highest BCUT2D eigenvalue weighted by Gasteiger charge is 2.20. The number of carbonyl (C=O) groups excluding carboxylic acids is 2. The molecule has 0 aliphatic carbocycles. The number of nitrogens with zero attached hydrogens (tertiary/aromatic N) is 1. The number of amides is 1. The van der Waals surface area contributed by atoms with E-state index in [1.807, 2.05) is 25.1 Å². The van der Waals surface area contributed by atoms with Gasteiger partial charge >= 0.3 is 12.0 Å². The number of aromatic amines is 1. The van der Waals surface area contributed by atoms with Gasteiger partial charge < -0.3 is 10.1 Å². The highest BCUT2D eigenvalue weighted by atomic mass is 16.5. The standard InChI is InChI=1S/C21H23N3O4/c1-12(2)14-8-5-7-13(3)16(14)11-22-21(27)24-19(25)18-15(20(26)28-4)9-6-10-17(18)23-24/h5-10,12,23H,11H2,1-4H3,(H,22,27). The smallest absolute Gasteiger partial charge is 0.343 e. The summed E-state index contributed by atoms with van der Waals surface area (Å²) < 4.78 is 5.60. The summed E-state index contributed by atoms with van der Waals surface area (Å²) in [6, 6.07) is 10.2. The number of H-pyrrole nitrogens is 1. The van der Waals surface area contributed by atoms with Gasteiger partial charge in [0.2, 0.25) is 0 Å². The van der Waals surface area contributed by atoms with Gasteiger partial charge in [-0.2, -0.15) is 4.68 Å². The van der Waals surface area contributed by atoms with E-state index in [1.54, 1.807) is 12.1 Å². The van der Waals surface area contributed by atoms with Gasteiger partial charge in [-0.1, -0.05) is 38.1 Å². The molecule has 7 nitrogen and oxygen atoms in total. The van der Waals surface area contributed by atoms with Gasteiger partial charge in [-0.3, -0.25) is 9.89 Å². The summed E-state index contributed by atoms with van der Waals surface area (Å²) in [7, 11) is 1.24. The fourth-order valence-corrected chi connectivity index (χ4v) is 3.33. The topological polar surface area (TPSA) is 93.2 Å².